The summed E-state index contributed by atoms with van der Waals surface area (Å²) in [6.45, 7) is 3.59. The molecule has 0 aromatic heterocycles. The van der Waals surface area contributed by atoms with Crippen LogP contribution >= 0.6 is 0 Å². The van der Waals surface area contributed by atoms with Gasteiger partial charge in [0.25, 0.3) is 0 Å². The summed E-state index contributed by atoms with van der Waals surface area (Å²) >= 11 is 0. The number of benzene rings is 2. The third kappa shape index (κ3) is 4.99. The summed E-state index contributed by atoms with van der Waals surface area (Å²) in [5, 5.41) is 5.31. The van der Waals surface area contributed by atoms with E-state index >= 15 is 0 Å². The van der Waals surface area contributed by atoms with Crippen LogP contribution < -0.4 is 15.4 Å². The van der Waals surface area contributed by atoms with Crippen molar-refractivity contribution in [2.45, 2.75) is 19.8 Å². The minimum Gasteiger partial charge on any atom is -0.457 e. The zero-order valence-electron chi connectivity index (χ0n) is 14.8. The molecule has 2 N–H and O–H groups in total. The van der Waals surface area contributed by atoms with Gasteiger partial charge in [-0.1, -0.05) is 12.1 Å². The molecule has 0 aliphatic carbocycles. The summed E-state index contributed by atoms with van der Waals surface area (Å²) in [5.74, 6) is 1.41. The largest absolute Gasteiger partial charge is 0.457 e. The van der Waals surface area contributed by atoms with Gasteiger partial charge in [-0.25, -0.2) is 4.79 Å². The predicted molar refractivity (Wildman–Crippen MR) is 101 cm³/mol. The standard InChI is InChI=1S/C20H23N3O3/c1-15-5-4-6-18(13-15)26-17-9-7-16(8-10-17)22-20(25)21-14-19(24)23-11-2-3-12-23/h4-10,13H,2-3,11-12,14H2,1H3,(H2,21,22,25). The van der Waals surface area contributed by atoms with Crippen LogP contribution in [-0.2, 0) is 4.79 Å². The Morgan fingerprint density at radius 2 is 1.77 bits per heavy atom. The van der Waals surface area contributed by atoms with Gasteiger partial charge in [-0.05, 0) is 61.7 Å². The molecule has 0 atom stereocenters. The molecule has 0 bridgehead atoms. The minimum absolute atomic E-state index is 0.0143. The maximum absolute atomic E-state index is 11.9. The molecule has 1 aliphatic heterocycles. The number of ether oxygens (including phenoxy) is 1. The first-order valence-electron chi connectivity index (χ1n) is 8.77. The fourth-order valence-electron chi connectivity index (χ4n) is 2.83. The van der Waals surface area contributed by atoms with Crippen molar-refractivity contribution in [1.29, 1.82) is 0 Å². The minimum atomic E-state index is -0.398. The van der Waals surface area contributed by atoms with Crippen molar-refractivity contribution in [2.24, 2.45) is 0 Å². The van der Waals surface area contributed by atoms with Gasteiger partial charge in [-0.2, -0.15) is 0 Å². The number of urea groups is 1. The summed E-state index contributed by atoms with van der Waals surface area (Å²) in [6, 6.07) is 14.5. The normalized spacial score (nSPS) is 13.3. The van der Waals surface area contributed by atoms with Crippen molar-refractivity contribution in [2.75, 3.05) is 25.0 Å². The third-order valence-corrected chi connectivity index (χ3v) is 4.20. The van der Waals surface area contributed by atoms with Gasteiger partial charge < -0.3 is 20.3 Å². The lowest BCUT2D eigenvalue weighted by molar-refractivity contribution is -0.128. The second-order valence-electron chi connectivity index (χ2n) is 6.34. The van der Waals surface area contributed by atoms with E-state index in [-0.39, 0.29) is 12.5 Å². The maximum Gasteiger partial charge on any atom is 0.319 e. The number of nitrogens with one attached hydrogen (secondary N) is 2. The van der Waals surface area contributed by atoms with Gasteiger partial charge in [-0.3, -0.25) is 4.79 Å². The van der Waals surface area contributed by atoms with Crippen LogP contribution in [-0.4, -0.2) is 36.5 Å². The molecule has 1 saturated heterocycles. The van der Waals surface area contributed by atoms with Gasteiger partial charge in [0.2, 0.25) is 5.91 Å². The van der Waals surface area contributed by atoms with Crippen molar-refractivity contribution in [1.82, 2.24) is 10.2 Å². The SMILES string of the molecule is Cc1cccc(Oc2ccc(NC(=O)NCC(=O)N3CCCC3)cc2)c1. The number of hydrogen-bond donors (Lipinski definition) is 2. The lowest BCUT2D eigenvalue weighted by atomic mass is 10.2. The Hall–Kier alpha value is -3.02. The van der Waals surface area contributed by atoms with E-state index in [9.17, 15) is 9.59 Å². The first-order chi connectivity index (χ1) is 12.6. The number of anilines is 1. The molecule has 0 spiro atoms. The summed E-state index contributed by atoms with van der Waals surface area (Å²) in [7, 11) is 0. The molecule has 6 heteroatoms. The molecule has 136 valence electrons. The van der Waals surface area contributed by atoms with Gasteiger partial charge in [0.1, 0.15) is 11.5 Å². The van der Waals surface area contributed by atoms with E-state index in [1.54, 1.807) is 29.2 Å². The number of amides is 3. The molecule has 1 aliphatic rings. The Kier molecular flexibility index (Phi) is 5.73. The first-order valence-corrected chi connectivity index (χ1v) is 8.77. The predicted octanol–water partition coefficient (Wildman–Crippen LogP) is 3.53. The second kappa shape index (κ2) is 8.38. The highest BCUT2D eigenvalue weighted by Crippen LogP contribution is 2.23. The van der Waals surface area contributed by atoms with Crippen LogP contribution in [0.4, 0.5) is 10.5 Å². The lowest BCUT2D eigenvalue weighted by Gasteiger charge is -2.15. The summed E-state index contributed by atoms with van der Waals surface area (Å²) < 4.78 is 5.78. The van der Waals surface area contributed by atoms with Crippen molar-refractivity contribution in [3.8, 4) is 11.5 Å². The highest BCUT2D eigenvalue weighted by Gasteiger charge is 2.18. The van der Waals surface area contributed by atoms with Crippen LogP contribution in [0.2, 0.25) is 0 Å². The fraction of sp³-hybridized carbons (Fsp3) is 0.300. The average Bonchev–Trinajstić information content (AvgIpc) is 3.16. The molecular weight excluding hydrogens is 330 g/mol. The van der Waals surface area contributed by atoms with E-state index in [4.69, 9.17) is 4.74 Å². The Bertz CT molecular complexity index is 768. The number of nitrogens with zero attached hydrogens (tertiary/aromatic N) is 1. The Morgan fingerprint density at radius 1 is 1.04 bits per heavy atom. The molecule has 1 heterocycles. The zero-order chi connectivity index (χ0) is 18.4. The summed E-state index contributed by atoms with van der Waals surface area (Å²) in [6.07, 6.45) is 2.07. The average molecular weight is 353 g/mol. The number of carbonyl (C=O) groups is 2. The summed E-state index contributed by atoms with van der Waals surface area (Å²) in [5.41, 5.74) is 1.76. The van der Waals surface area contributed by atoms with E-state index < -0.39 is 6.03 Å². The van der Waals surface area contributed by atoms with Crippen LogP contribution in [0.15, 0.2) is 48.5 Å². The number of rotatable bonds is 5. The van der Waals surface area contributed by atoms with E-state index in [2.05, 4.69) is 10.6 Å². The molecule has 3 rings (SSSR count). The zero-order valence-corrected chi connectivity index (χ0v) is 14.8. The van der Waals surface area contributed by atoms with Crippen molar-refractivity contribution in [3.05, 3.63) is 54.1 Å². The summed E-state index contributed by atoms with van der Waals surface area (Å²) in [4.78, 5) is 25.6. The topological polar surface area (TPSA) is 70.7 Å². The molecule has 1 fully saturated rings. The number of aryl methyl sites for hydroxylation is 1. The Labute approximate surface area is 153 Å². The Morgan fingerprint density at radius 3 is 2.46 bits per heavy atom. The van der Waals surface area contributed by atoms with Crippen LogP contribution in [0, 0.1) is 6.92 Å². The van der Waals surface area contributed by atoms with Crippen molar-refractivity contribution < 1.29 is 14.3 Å². The van der Waals surface area contributed by atoms with Crippen LogP contribution in [0.3, 0.4) is 0 Å². The number of carbonyl (C=O) groups excluding carboxylic acids is 2. The molecule has 2 aromatic rings. The van der Waals surface area contributed by atoms with Gasteiger partial charge in [0, 0.05) is 18.8 Å². The molecule has 0 saturated carbocycles. The van der Waals surface area contributed by atoms with E-state index in [1.807, 2.05) is 31.2 Å². The van der Waals surface area contributed by atoms with Gasteiger partial charge in [-0.15, -0.1) is 0 Å². The fourth-order valence-corrected chi connectivity index (χ4v) is 2.83. The lowest BCUT2D eigenvalue weighted by Crippen LogP contribution is -2.40. The van der Waals surface area contributed by atoms with E-state index in [0.29, 0.717) is 11.4 Å². The molecule has 6 nitrogen and oxygen atoms in total. The maximum atomic E-state index is 11.9. The number of likely N-dealkylation sites (tertiary alicyclic amines) is 1. The van der Waals surface area contributed by atoms with Crippen LogP contribution in [0.25, 0.3) is 0 Å². The molecule has 0 radical (unpaired) electrons. The van der Waals surface area contributed by atoms with E-state index in [0.717, 1.165) is 37.2 Å². The second-order valence-corrected chi connectivity index (χ2v) is 6.34. The van der Waals surface area contributed by atoms with Gasteiger partial charge >= 0.3 is 6.03 Å². The molecule has 26 heavy (non-hydrogen) atoms. The Balaban J connectivity index is 1.47. The van der Waals surface area contributed by atoms with Crippen molar-refractivity contribution in [3.63, 3.8) is 0 Å². The first kappa shape index (κ1) is 17.8. The highest BCUT2D eigenvalue weighted by atomic mass is 16.5. The molecule has 3 amide bonds. The number of hydrogen-bond acceptors (Lipinski definition) is 3. The van der Waals surface area contributed by atoms with Gasteiger partial charge in [0.15, 0.2) is 0 Å². The van der Waals surface area contributed by atoms with Crippen molar-refractivity contribution >= 4 is 17.6 Å². The van der Waals surface area contributed by atoms with E-state index in [1.165, 1.54) is 0 Å². The molecule has 2 aromatic carbocycles. The highest BCUT2D eigenvalue weighted by molar-refractivity contribution is 5.92. The molecular formula is C20H23N3O3. The molecule has 0 unspecified atom stereocenters. The third-order valence-electron chi connectivity index (χ3n) is 4.20. The van der Waals surface area contributed by atoms with Crippen LogP contribution in [0.1, 0.15) is 18.4 Å². The smallest absolute Gasteiger partial charge is 0.319 e. The van der Waals surface area contributed by atoms with Gasteiger partial charge in [0.05, 0.1) is 6.54 Å². The van der Waals surface area contributed by atoms with Crippen LogP contribution in [0.5, 0.6) is 11.5 Å². The quantitative estimate of drug-likeness (QED) is 0.864. The monoisotopic (exact) mass is 353 g/mol.